The number of nitrogens with zero attached hydrogens (tertiary/aromatic N) is 1. The Morgan fingerprint density at radius 3 is 2.71 bits per heavy atom. The molecule has 0 radical (unpaired) electrons. The highest BCUT2D eigenvalue weighted by atomic mass is 32.1. The van der Waals surface area contributed by atoms with Gasteiger partial charge in [0, 0.05) is 0 Å². The van der Waals surface area contributed by atoms with Crippen LogP contribution in [0.5, 0.6) is 0 Å². The number of hydrogen-bond acceptors (Lipinski definition) is 4. The first-order chi connectivity index (χ1) is 7.90. The molecule has 0 saturated heterocycles. The third kappa shape index (κ3) is 3.99. The zero-order valence-corrected chi connectivity index (χ0v) is 10.8. The molecule has 0 unspecified atom stereocenters. The predicted molar refractivity (Wildman–Crippen MR) is 70.1 cm³/mol. The Labute approximate surface area is 105 Å². The minimum atomic E-state index is -0.510. The van der Waals surface area contributed by atoms with Crippen molar-refractivity contribution in [1.29, 1.82) is 0 Å². The fraction of sp³-hybridized carbons (Fsp3) is 0.364. The van der Waals surface area contributed by atoms with Gasteiger partial charge in [-0.2, -0.15) is 0 Å². The van der Waals surface area contributed by atoms with Crippen LogP contribution in [0.1, 0.15) is 25.1 Å². The summed E-state index contributed by atoms with van der Waals surface area (Å²) in [6.45, 7) is 5.37. The maximum absolute atomic E-state index is 11.3. The molecule has 6 heteroatoms. The molecule has 0 atom stereocenters. The van der Waals surface area contributed by atoms with Crippen LogP contribution in [0.4, 0.5) is 10.5 Å². The highest BCUT2D eigenvalue weighted by molar-refractivity contribution is 7.80. The van der Waals surface area contributed by atoms with Crippen molar-refractivity contribution in [2.75, 3.05) is 5.32 Å². The number of aromatic nitrogens is 1. The van der Waals surface area contributed by atoms with Gasteiger partial charge in [0.2, 0.25) is 0 Å². The van der Waals surface area contributed by atoms with Crippen molar-refractivity contribution in [2.24, 2.45) is 5.73 Å². The van der Waals surface area contributed by atoms with Crippen LogP contribution in [0.3, 0.4) is 0 Å². The first kappa shape index (κ1) is 13.4. The smallest absolute Gasteiger partial charge is 0.411 e. The van der Waals surface area contributed by atoms with Gasteiger partial charge in [-0.1, -0.05) is 12.2 Å². The van der Waals surface area contributed by atoms with Crippen molar-refractivity contribution >= 4 is 29.0 Å². The van der Waals surface area contributed by atoms with Gasteiger partial charge >= 0.3 is 6.09 Å². The summed E-state index contributed by atoms with van der Waals surface area (Å²) in [5.74, 6) is 0. The number of amides is 1. The van der Waals surface area contributed by atoms with Gasteiger partial charge in [0.1, 0.15) is 10.7 Å². The molecule has 92 valence electrons. The summed E-state index contributed by atoms with van der Waals surface area (Å²) in [5.41, 5.74) is 7.40. The fourth-order valence-electron chi connectivity index (χ4n) is 1.26. The molecule has 5 nitrogen and oxygen atoms in total. The summed E-state index contributed by atoms with van der Waals surface area (Å²) in [5, 5.41) is 2.57. The van der Waals surface area contributed by atoms with Crippen molar-refractivity contribution < 1.29 is 9.53 Å². The maximum Gasteiger partial charge on any atom is 0.411 e. The van der Waals surface area contributed by atoms with Crippen LogP contribution in [0.2, 0.25) is 0 Å². The number of nitrogens with one attached hydrogen (secondary N) is 1. The Kier molecular flexibility index (Phi) is 4.39. The minimum absolute atomic E-state index is 0.167. The molecule has 1 amide bonds. The number of aryl methyl sites for hydroxylation is 1. The number of hydrogen-bond donors (Lipinski definition) is 2. The standard InChI is InChI=1S/C11H15N3O2S/c1-6(2)16-11(15)14-8-4-7(3)9(10(12)17)13-5-8/h4-6H,1-3H3,(H2,12,17)(H,14,15). The molecule has 0 aliphatic carbocycles. The molecule has 1 aromatic rings. The van der Waals surface area contributed by atoms with E-state index in [1.807, 2.05) is 6.92 Å². The van der Waals surface area contributed by atoms with Gasteiger partial charge in [0.05, 0.1) is 18.0 Å². The van der Waals surface area contributed by atoms with E-state index >= 15 is 0 Å². The number of rotatable bonds is 3. The Hall–Kier alpha value is -1.69. The molecule has 3 N–H and O–H groups in total. The van der Waals surface area contributed by atoms with E-state index in [1.165, 1.54) is 6.20 Å². The topological polar surface area (TPSA) is 77.2 Å². The van der Waals surface area contributed by atoms with E-state index < -0.39 is 6.09 Å². The molecule has 17 heavy (non-hydrogen) atoms. The van der Waals surface area contributed by atoms with Gasteiger partial charge < -0.3 is 10.5 Å². The normalized spacial score (nSPS) is 10.1. The Morgan fingerprint density at radius 1 is 1.59 bits per heavy atom. The molecule has 0 bridgehead atoms. The molecule has 0 fully saturated rings. The number of pyridine rings is 1. The number of carbonyl (C=O) groups is 1. The Bertz CT molecular complexity index is 446. The second-order valence-corrected chi connectivity index (χ2v) is 4.27. The molecule has 0 aliphatic rings. The van der Waals surface area contributed by atoms with Crippen molar-refractivity contribution in [1.82, 2.24) is 4.98 Å². The first-order valence-corrected chi connectivity index (χ1v) is 5.55. The summed E-state index contributed by atoms with van der Waals surface area (Å²) in [4.78, 5) is 15.6. The van der Waals surface area contributed by atoms with Crippen LogP contribution in [0.15, 0.2) is 12.3 Å². The summed E-state index contributed by atoms with van der Waals surface area (Å²) in [6, 6.07) is 1.74. The second kappa shape index (κ2) is 5.58. The lowest BCUT2D eigenvalue weighted by Crippen LogP contribution is -2.19. The largest absolute Gasteiger partial charge is 0.447 e. The van der Waals surface area contributed by atoms with Crippen molar-refractivity contribution in [3.05, 3.63) is 23.5 Å². The SMILES string of the molecule is Cc1cc(NC(=O)OC(C)C)cnc1C(N)=S. The summed E-state index contributed by atoms with van der Waals surface area (Å²) in [7, 11) is 0. The van der Waals surface area contributed by atoms with Crippen LogP contribution in [0.25, 0.3) is 0 Å². The van der Waals surface area contributed by atoms with Gasteiger partial charge in [0.15, 0.2) is 0 Å². The van der Waals surface area contributed by atoms with E-state index in [1.54, 1.807) is 19.9 Å². The molecular formula is C11H15N3O2S. The molecule has 1 heterocycles. The molecular weight excluding hydrogens is 238 g/mol. The molecule has 0 saturated carbocycles. The van der Waals surface area contributed by atoms with Crippen molar-refractivity contribution in [3.63, 3.8) is 0 Å². The van der Waals surface area contributed by atoms with Crippen molar-refractivity contribution in [2.45, 2.75) is 26.9 Å². The average Bonchev–Trinajstić information content (AvgIpc) is 2.15. The minimum Gasteiger partial charge on any atom is -0.447 e. The van der Waals surface area contributed by atoms with Crippen LogP contribution in [-0.4, -0.2) is 22.2 Å². The third-order valence-electron chi connectivity index (χ3n) is 1.90. The highest BCUT2D eigenvalue weighted by Crippen LogP contribution is 2.12. The second-order valence-electron chi connectivity index (χ2n) is 3.83. The summed E-state index contributed by atoms with van der Waals surface area (Å²) >= 11 is 4.84. The van der Waals surface area contributed by atoms with Gasteiger partial charge in [0.25, 0.3) is 0 Å². The lowest BCUT2D eigenvalue weighted by atomic mass is 10.2. The van der Waals surface area contributed by atoms with Gasteiger partial charge in [-0.3, -0.25) is 10.3 Å². The molecule has 1 aromatic heterocycles. The fourth-order valence-corrected chi connectivity index (χ4v) is 1.48. The van der Waals surface area contributed by atoms with Crippen LogP contribution in [-0.2, 0) is 4.74 Å². The monoisotopic (exact) mass is 253 g/mol. The van der Waals surface area contributed by atoms with E-state index in [0.717, 1.165) is 5.56 Å². The number of nitrogens with two attached hydrogens (primary N) is 1. The zero-order chi connectivity index (χ0) is 13.0. The van der Waals surface area contributed by atoms with Gasteiger partial charge in [-0.15, -0.1) is 0 Å². The van der Waals surface area contributed by atoms with E-state index in [-0.39, 0.29) is 11.1 Å². The highest BCUT2D eigenvalue weighted by Gasteiger charge is 2.08. The third-order valence-corrected chi connectivity index (χ3v) is 2.09. The van der Waals surface area contributed by atoms with E-state index in [9.17, 15) is 4.79 Å². The van der Waals surface area contributed by atoms with Gasteiger partial charge in [-0.05, 0) is 32.4 Å². The quantitative estimate of drug-likeness (QED) is 0.805. The number of anilines is 1. The summed E-state index contributed by atoms with van der Waals surface area (Å²) < 4.78 is 4.94. The van der Waals surface area contributed by atoms with Crippen LogP contribution in [0, 0.1) is 6.92 Å². The first-order valence-electron chi connectivity index (χ1n) is 5.14. The van der Waals surface area contributed by atoms with E-state index in [2.05, 4.69) is 10.3 Å². The van der Waals surface area contributed by atoms with E-state index in [4.69, 9.17) is 22.7 Å². The Morgan fingerprint density at radius 2 is 2.24 bits per heavy atom. The lowest BCUT2D eigenvalue weighted by Gasteiger charge is -2.10. The number of ether oxygens (including phenoxy) is 1. The summed E-state index contributed by atoms with van der Waals surface area (Å²) in [6.07, 6.45) is 0.813. The van der Waals surface area contributed by atoms with Crippen LogP contribution < -0.4 is 11.1 Å². The molecule has 0 aromatic carbocycles. The van der Waals surface area contributed by atoms with Crippen molar-refractivity contribution in [3.8, 4) is 0 Å². The Balaban J connectivity index is 2.77. The maximum atomic E-state index is 11.3. The number of carbonyl (C=O) groups excluding carboxylic acids is 1. The lowest BCUT2D eigenvalue weighted by molar-refractivity contribution is 0.130. The van der Waals surface area contributed by atoms with Gasteiger partial charge in [-0.25, -0.2) is 4.79 Å². The molecule has 1 rings (SSSR count). The predicted octanol–water partition coefficient (Wildman–Crippen LogP) is 1.98. The molecule has 0 aliphatic heterocycles. The van der Waals surface area contributed by atoms with Crippen LogP contribution >= 0.6 is 12.2 Å². The zero-order valence-electron chi connectivity index (χ0n) is 9.98. The average molecular weight is 253 g/mol. The van der Waals surface area contributed by atoms with E-state index in [0.29, 0.717) is 11.4 Å². The number of thiocarbonyl (C=S) groups is 1. The molecule has 0 spiro atoms.